The molecule has 0 aliphatic carbocycles. The van der Waals surface area contributed by atoms with Crippen LogP contribution in [0.5, 0.6) is 5.75 Å². The summed E-state index contributed by atoms with van der Waals surface area (Å²) in [5.74, 6) is 0.222. The van der Waals surface area contributed by atoms with Crippen molar-refractivity contribution in [2.45, 2.75) is 19.4 Å². The number of hydrogen-bond acceptors (Lipinski definition) is 7. The number of para-hydroxylation sites is 1. The number of thiazole rings is 1. The molecule has 0 spiro atoms. The number of benzene rings is 1. The molecule has 0 aliphatic rings. The number of rotatable bonds is 6. The largest absolute Gasteiger partial charge is 0.496 e. The first-order valence-electron chi connectivity index (χ1n) is 8.01. The van der Waals surface area contributed by atoms with Crippen LogP contribution in [0.25, 0.3) is 11.6 Å². The number of hydrogen-bond donors (Lipinski definition) is 0. The lowest BCUT2D eigenvalue weighted by Crippen LogP contribution is -2.32. The molecule has 0 N–H and O–H groups in total. The predicted molar refractivity (Wildman–Crippen MR) is 100 cm³/mol. The molecule has 0 fully saturated rings. The Morgan fingerprint density at radius 2 is 1.96 bits per heavy atom. The predicted octanol–water partition coefficient (Wildman–Crippen LogP) is 0.898. The second kappa shape index (κ2) is 9.37. The lowest BCUT2D eigenvalue weighted by atomic mass is 10.2. The average Bonchev–Trinajstić information content (AvgIpc) is 2.99. The molecule has 8 heteroatoms. The molecule has 0 atom stereocenters. The van der Waals surface area contributed by atoms with Gasteiger partial charge in [-0.15, -0.1) is 11.3 Å². The van der Waals surface area contributed by atoms with Gasteiger partial charge in [0.05, 0.1) is 18.8 Å². The molecule has 1 aromatic carbocycles. The van der Waals surface area contributed by atoms with E-state index in [-0.39, 0.29) is 34.7 Å². The van der Waals surface area contributed by atoms with E-state index in [1.54, 1.807) is 18.2 Å². The summed E-state index contributed by atoms with van der Waals surface area (Å²) in [4.78, 5) is 24.1. The summed E-state index contributed by atoms with van der Waals surface area (Å²) in [6, 6.07) is 10.9. The summed E-state index contributed by atoms with van der Waals surface area (Å²) < 4.78 is 11.9. The van der Waals surface area contributed by atoms with Gasteiger partial charge in [-0.1, -0.05) is 18.2 Å². The Morgan fingerprint density at radius 3 is 2.59 bits per heavy atom. The molecular weight excluding hydrogens is 366 g/mol. The van der Waals surface area contributed by atoms with Gasteiger partial charge in [0.15, 0.2) is 5.57 Å². The molecule has 0 bridgehead atoms. The van der Waals surface area contributed by atoms with Crippen molar-refractivity contribution in [2.24, 2.45) is 0 Å². The summed E-state index contributed by atoms with van der Waals surface area (Å²) in [5, 5.41) is 18.4. The first kappa shape index (κ1) is 20.0. The van der Waals surface area contributed by atoms with Gasteiger partial charge >= 0.3 is 5.97 Å². The van der Waals surface area contributed by atoms with Crippen LogP contribution in [0.2, 0.25) is 0 Å². The first-order valence-corrected chi connectivity index (χ1v) is 8.83. The quantitative estimate of drug-likeness (QED) is 0.686. The molecule has 0 unspecified atom stereocenters. The average molecular weight is 383 g/mol. The minimum atomic E-state index is -0.384. The van der Waals surface area contributed by atoms with Gasteiger partial charge in [0, 0.05) is 18.5 Å². The van der Waals surface area contributed by atoms with Crippen LogP contribution in [0.15, 0.2) is 29.1 Å². The fourth-order valence-electron chi connectivity index (χ4n) is 2.44. The highest BCUT2D eigenvalue weighted by molar-refractivity contribution is 7.07. The van der Waals surface area contributed by atoms with Crippen molar-refractivity contribution >= 4 is 29.0 Å². The van der Waals surface area contributed by atoms with Crippen LogP contribution in [-0.4, -0.2) is 24.8 Å². The second-order valence-electron chi connectivity index (χ2n) is 5.39. The Morgan fingerprint density at radius 1 is 1.26 bits per heavy atom. The fraction of sp³-hybridized carbons (Fsp3) is 0.263. The van der Waals surface area contributed by atoms with Crippen molar-refractivity contribution in [3.05, 3.63) is 49.4 Å². The second-order valence-corrected chi connectivity index (χ2v) is 6.42. The third kappa shape index (κ3) is 4.63. The van der Waals surface area contributed by atoms with Gasteiger partial charge in [-0.05, 0) is 18.6 Å². The van der Waals surface area contributed by atoms with E-state index in [0.717, 1.165) is 11.3 Å². The van der Waals surface area contributed by atoms with Gasteiger partial charge in [0.2, 0.25) is 0 Å². The van der Waals surface area contributed by atoms with E-state index in [1.165, 1.54) is 18.8 Å². The van der Waals surface area contributed by atoms with Gasteiger partial charge in [-0.2, -0.15) is 10.5 Å². The normalized spacial score (nSPS) is 10.7. The van der Waals surface area contributed by atoms with E-state index in [4.69, 9.17) is 4.74 Å². The molecule has 7 nitrogen and oxygen atoms in total. The van der Waals surface area contributed by atoms with Gasteiger partial charge in [0.25, 0.3) is 5.56 Å². The standard InChI is InChI=1S/C19H17N3O4S/c1-25-15-7-4-3-6-13(15)10-16-18(24)22(9-5-8-17(23)26-2)19(27-16)14(11-20)12-21/h3-4,6-7,10H,5,8-9H2,1-2H3/b16-10+. The van der Waals surface area contributed by atoms with E-state index < -0.39 is 0 Å². The zero-order chi connectivity index (χ0) is 19.8. The highest BCUT2D eigenvalue weighted by atomic mass is 32.1. The Hall–Kier alpha value is -3.36. The van der Waals surface area contributed by atoms with Crippen LogP contribution in [0.1, 0.15) is 18.4 Å². The van der Waals surface area contributed by atoms with E-state index in [1.807, 2.05) is 24.3 Å². The number of aromatic nitrogens is 1. The van der Waals surface area contributed by atoms with Crippen molar-refractivity contribution in [3.63, 3.8) is 0 Å². The van der Waals surface area contributed by atoms with Crippen molar-refractivity contribution in [3.8, 4) is 17.9 Å². The highest BCUT2D eigenvalue weighted by Crippen LogP contribution is 2.17. The minimum absolute atomic E-state index is 0.137. The molecule has 0 saturated heterocycles. The third-order valence-corrected chi connectivity index (χ3v) is 4.89. The number of nitriles is 2. The Kier molecular flexibility index (Phi) is 6.93. The molecule has 0 saturated carbocycles. The summed E-state index contributed by atoms with van der Waals surface area (Å²) in [6.07, 6.45) is 2.16. The number of carbonyl (C=O) groups is 1. The van der Waals surface area contributed by atoms with Crippen LogP contribution in [0.3, 0.4) is 0 Å². The topological polar surface area (TPSA) is 105 Å². The van der Waals surface area contributed by atoms with Gasteiger partial charge < -0.3 is 9.47 Å². The molecular formula is C19H17N3O4S. The lowest BCUT2D eigenvalue weighted by Gasteiger charge is -2.02. The van der Waals surface area contributed by atoms with E-state index in [0.29, 0.717) is 22.3 Å². The maximum atomic E-state index is 12.8. The zero-order valence-electron chi connectivity index (χ0n) is 14.9. The lowest BCUT2D eigenvalue weighted by molar-refractivity contribution is -0.140. The van der Waals surface area contributed by atoms with Crippen LogP contribution in [-0.2, 0) is 16.1 Å². The highest BCUT2D eigenvalue weighted by Gasteiger charge is 2.11. The van der Waals surface area contributed by atoms with Crippen LogP contribution < -0.4 is 19.5 Å². The number of carbonyl (C=O) groups excluding carboxylic acids is 1. The van der Waals surface area contributed by atoms with E-state index >= 15 is 0 Å². The summed E-state index contributed by atoms with van der Waals surface area (Å²) >= 11 is 1.06. The number of ether oxygens (including phenoxy) is 2. The molecule has 1 heterocycles. The molecule has 1 aromatic heterocycles. The minimum Gasteiger partial charge on any atom is -0.496 e. The Labute approximate surface area is 159 Å². The van der Waals surface area contributed by atoms with Gasteiger partial charge in [-0.25, -0.2) is 0 Å². The molecule has 0 amide bonds. The monoisotopic (exact) mass is 383 g/mol. The zero-order valence-corrected chi connectivity index (χ0v) is 15.7. The fourth-order valence-corrected chi connectivity index (χ4v) is 3.51. The molecule has 2 rings (SSSR count). The van der Waals surface area contributed by atoms with Crippen LogP contribution >= 0.6 is 11.3 Å². The first-order chi connectivity index (χ1) is 13.0. The van der Waals surface area contributed by atoms with Crippen molar-refractivity contribution in [2.75, 3.05) is 14.2 Å². The van der Waals surface area contributed by atoms with Crippen molar-refractivity contribution in [1.82, 2.24) is 4.57 Å². The molecule has 0 aliphatic heterocycles. The van der Waals surface area contributed by atoms with E-state index in [9.17, 15) is 20.1 Å². The van der Waals surface area contributed by atoms with Gasteiger partial charge in [0.1, 0.15) is 22.6 Å². The SMILES string of the molecule is COC(=O)CCCn1c(=C(C#N)C#N)s/c(=C/c2ccccc2OC)c1=O. The Balaban J connectivity index is 2.61. The van der Waals surface area contributed by atoms with Crippen molar-refractivity contribution in [1.29, 1.82) is 10.5 Å². The third-order valence-electron chi connectivity index (χ3n) is 3.76. The van der Waals surface area contributed by atoms with Crippen LogP contribution in [0, 0.1) is 22.7 Å². The number of methoxy groups -OCH3 is 2. The van der Waals surface area contributed by atoms with Gasteiger partial charge in [-0.3, -0.25) is 14.2 Å². The Bertz CT molecular complexity index is 1080. The summed E-state index contributed by atoms with van der Waals surface area (Å²) in [7, 11) is 2.83. The number of esters is 1. The molecule has 138 valence electrons. The smallest absolute Gasteiger partial charge is 0.305 e. The van der Waals surface area contributed by atoms with Crippen LogP contribution in [0.4, 0.5) is 0 Å². The van der Waals surface area contributed by atoms with E-state index in [2.05, 4.69) is 4.74 Å². The van der Waals surface area contributed by atoms with Crippen molar-refractivity contribution < 1.29 is 14.3 Å². The maximum absolute atomic E-state index is 12.8. The molecule has 0 radical (unpaired) electrons. The summed E-state index contributed by atoms with van der Waals surface area (Å²) in [6.45, 7) is 0.201. The molecule has 2 aromatic rings. The summed E-state index contributed by atoms with van der Waals surface area (Å²) in [5.41, 5.74) is 0.241. The number of nitrogens with zero attached hydrogens (tertiary/aromatic N) is 3. The maximum Gasteiger partial charge on any atom is 0.305 e. The molecule has 27 heavy (non-hydrogen) atoms.